The van der Waals surface area contributed by atoms with Gasteiger partial charge in [0, 0.05) is 0 Å². The maximum atomic E-state index is 9.89. The molecule has 0 unspecified atom stereocenters. The fraction of sp³-hybridized carbons (Fsp3) is 0.667. The van der Waals surface area contributed by atoms with Crippen LogP contribution in [0.25, 0.3) is 0 Å². The summed E-state index contributed by atoms with van der Waals surface area (Å²) in [4.78, 5) is 9.89. The molecule has 12 heavy (non-hydrogen) atoms. The number of carboxylic acid groups (broad SMARTS) is 1. The van der Waals surface area contributed by atoms with Crippen molar-refractivity contribution in [3.63, 3.8) is 0 Å². The number of hydrogen-bond donors (Lipinski definition) is 3. The summed E-state index contributed by atoms with van der Waals surface area (Å²) in [7, 11) is 5.40. The molecule has 0 aliphatic heterocycles. The largest absolute Gasteiger partial charge is 0.544 e. The molecule has 0 heterocycles. The molecule has 0 atom stereocenters. The molecule has 0 saturated carbocycles. The van der Waals surface area contributed by atoms with Gasteiger partial charge in [-0.3, -0.25) is 5.41 Å². The van der Waals surface area contributed by atoms with E-state index in [-0.39, 0.29) is 12.5 Å². The van der Waals surface area contributed by atoms with Crippen molar-refractivity contribution in [1.29, 1.82) is 5.41 Å². The summed E-state index contributed by atoms with van der Waals surface area (Å²) in [5.74, 6) is -1.34. The van der Waals surface area contributed by atoms with Crippen molar-refractivity contribution in [3.05, 3.63) is 0 Å². The summed E-state index contributed by atoms with van der Waals surface area (Å²) in [6.07, 6.45) is 0. The van der Waals surface area contributed by atoms with Gasteiger partial charge in [-0.2, -0.15) is 0 Å². The molecule has 0 bridgehead atoms. The Morgan fingerprint density at radius 3 is 1.67 bits per heavy atom. The number of nitrogens with zero attached hydrogens (tertiary/aromatic N) is 1. The lowest BCUT2D eigenvalue weighted by Gasteiger charge is -2.23. The van der Waals surface area contributed by atoms with Crippen LogP contribution < -0.4 is 16.6 Å². The average molecular weight is 176 g/mol. The number of hydrogen-bond acceptors (Lipinski definition) is 3. The highest BCUT2D eigenvalue weighted by Gasteiger charge is 2.04. The minimum absolute atomic E-state index is 0.0694. The van der Waals surface area contributed by atoms with Crippen molar-refractivity contribution in [2.24, 2.45) is 11.5 Å². The number of quaternary nitrogens is 1. The fourth-order valence-electron chi connectivity index (χ4n) is 0.387. The second-order valence-electron chi connectivity index (χ2n) is 3.28. The highest BCUT2D eigenvalue weighted by atomic mass is 16.4. The molecule has 0 spiro atoms. The first-order valence-corrected chi connectivity index (χ1v) is 3.25. The summed E-state index contributed by atoms with van der Waals surface area (Å²) in [6.45, 7) is 0.0694. The van der Waals surface area contributed by atoms with Gasteiger partial charge in [0.25, 0.3) is 0 Å². The minimum atomic E-state index is -1.00. The maximum absolute atomic E-state index is 9.89. The van der Waals surface area contributed by atoms with Gasteiger partial charge >= 0.3 is 0 Å². The number of rotatable bonds is 2. The van der Waals surface area contributed by atoms with Crippen LogP contribution >= 0.6 is 0 Å². The van der Waals surface area contributed by atoms with Crippen LogP contribution in [-0.2, 0) is 4.79 Å². The van der Waals surface area contributed by atoms with E-state index in [2.05, 4.69) is 11.5 Å². The Labute approximate surface area is 71.9 Å². The van der Waals surface area contributed by atoms with Crippen LogP contribution in [0.4, 0.5) is 0 Å². The summed E-state index contributed by atoms with van der Waals surface area (Å²) < 4.78 is 0.419. The van der Waals surface area contributed by atoms with Crippen molar-refractivity contribution >= 4 is 11.9 Å². The quantitative estimate of drug-likeness (QED) is 0.241. The van der Waals surface area contributed by atoms with Crippen LogP contribution in [0.1, 0.15) is 0 Å². The Balaban J connectivity index is 0. The Hall–Kier alpha value is -1.30. The third kappa shape index (κ3) is 37.7. The smallest absolute Gasteiger partial charge is 0.183 e. The lowest BCUT2D eigenvalue weighted by atomic mass is 10.5. The van der Waals surface area contributed by atoms with Crippen molar-refractivity contribution < 1.29 is 14.4 Å². The zero-order valence-electron chi connectivity index (χ0n) is 7.63. The maximum Gasteiger partial charge on any atom is 0.183 e. The van der Waals surface area contributed by atoms with Gasteiger partial charge < -0.3 is 25.9 Å². The van der Waals surface area contributed by atoms with Crippen LogP contribution in [0.5, 0.6) is 0 Å². The van der Waals surface area contributed by atoms with E-state index in [1.165, 1.54) is 0 Å². The molecular formula is C6H16N4O2. The van der Waals surface area contributed by atoms with E-state index in [1.54, 1.807) is 21.1 Å². The number of likely N-dealkylation sites (N-methyl/N-ethyl adjacent to an activating group) is 1. The van der Waals surface area contributed by atoms with Gasteiger partial charge in [-0.25, -0.2) is 0 Å². The fourth-order valence-corrected chi connectivity index (χ4v) is 0.387. The molecule has 0 radical (unpaired) electrons. The third-order valence-corrected chi connectivity index (χ3v) is 0.603. The predicted octanol–water partition coefficient (Wildman–Crippen LogP) is -2.72. The average Bonchev–Trinajstić information content (AvgIpc) is 1.52. The molecule has 0 aliphatic rings. The number of nitrogens with two attached hydrogens (primary N) is 2. The van der Waals surface area contributed by atoms with Crippen LogP contribution in [0.3, 0.4) is 0 Å². The number of nitrogens with one attached hydrogen (secondary N) is 1. The Kier molecular flexibility index (Phi) is 5.94. The molecule has 5 N–H and O–H groups in total. The van der Waals surface area contributed by atoms with Crippen LogP contribution in [0.2, 0.25) is 0 Å². The zero-order valence-corrected chi connectivity index (χ0v) is 7.63. The number of guanidine groups is 1. The zero-order chi connectivity index (χ0) is 10.4. The molecule has 0 rings (SSSR count). The molecule has 0 fully saturated rings. The van der Waals surface area contributed by atoms with Gasteiger partial charge in [0.15, 0.2) is 5.96 Å². The van der Waals surface area contributed by atoms with Gasteiger partial charge in [-0.05, 0) is 0 Å². The summed E-state index contributed by atoms with van der Waals surface area (Å²) in [5.41, 5.74) is 8.94. The highest BCUT2D eigenvalue weighted by molar-refractivity contribution is 5.71. The van der Waals surface area contributed by atoms with Gasteiger partial charge in [-0.1, -0.05) is 0 Å². The normalized spacial score (nSPS) is 9.58. The van der Waals surface area contributed by atoms with Crippen LogP contribution in [0, 0.1) is 5.41 Å². The number of carbonyl (C=O) groups excluding carboxylic acids is 1. The highest BCUT2D eigenvalue weighted by Crippen LogP contribution is 1.84. The predicted molar refractivity (Wildman–Crippen MR) is 44.0 cm³/mol. The number of carboxylic acids is 1. The third-order valence-electron chi connectivity index (χ3n) is 0.603. The van der Waals surface area contributed by atoms with Crippen molar-refractivity contribution in [2.75, 3.05) is 27.7 Å². The molecule has 0 aromatic heterocycles. The molecule has 72 valence electrons. The summed E-state index contributed by atoms with van der Waals surface area (Å²) in [5, 5.41) is 15.9. The Bertz CT molecular complexity index is 157. The van der Waals surface area contributed by atoms with Gasteiger partial charge in [0.2, 0.25) is 0 Å². The molecular weight excluding hydrogens is 160 g/mol. The second-order valence-corrected chi connectivity index (χ2v) is 3.28. The number of carbonyl (C=O) groups is 1. The number of aliphatic carboxylic acids is 1. The lowest BCUT2D eigenvalue weighted by Crippen LogP contribution is -2.45. The minimum Gasteiger partial charge on any atom is -0.544 e. The first kappa shape index (κ1) is 13.3. The van der Waals surface area contributed by atoms with E-state index in [0.717, 1.165) is 0 Å². The lowest BCUT2D eigenvalue weighted by molar-refractivity contribution is -0.864. The van der Waals surface area contributed by atoms with E-state index in [9.17, 15) is 9.90 Å². The first-order chi connectivity index (χ1) is 5.15. The summed E-state index contributed by atoms with van der Waals surface area (Å²) >= 11 is 0. The molecule has 6 heteroatoms. The van der Waals surface area contributed by atoms with Crippen molar-refractivity contribution in [1.82, 2.24) is 0 Å². The van der Waals surface area contributed by atoms with Crippen molar-refractivity contribution in [3.8, 4) is 0 Å². The van der Waals surface area contributed by atoms with E-state index in [0.29, 0.717) is 4.48 Å². The SMILES string of the molecule is C[N+](C)(C)CC(=O)[O-].N=C(N)N. The molecule has 0 aromatic rings. The van der Waals surface area contributed by atoms with Gasteiger partial charge in [0.1, 0.15) is 6.54 Å². The van der Waals surface area contributed by atoms with E-state index >= 15 is 0 Å². The molecule has 6 nitrogen and oxygen atoms in total. The van der Waals surface area contributed by atoms with Crippen molar-refractivity contribution in [2.45, 2.75) is 0 Å². The van der Waals surface area contributed by atoms with E-state index < -0.39 is 5.97 Å². The van der Waals surface area contributed by atoms with Gasteiger partial charge in [-0.15, -0.1) is 0 Å². The monoisotopic (exact) mass is 176 g/mol. The van der Waals surface area contributed by atoms with Crippen LogP contribution in [0.15, 0.2) is 0 Å². The topological polar surface area (TPSA) is 116 Å². The van der Waals surface area contributed by atoms with Gasteiger partial charge in [0.05, 0.1) is 27.1 Å². The Morgan fingerprint density at radius 1 is 1.42 bits per heavy atom. The van der Waals surface area contributed by atoms with Crippen LogP contribution in [-0.4, -0.2) is 44.1 Å². The van der Waals surface area contributed by atoms with E-state index in [1.807, 2.05) is 0 Å². The van der Waals surface area contributed by atoms with E-state index in [4.69, 9.17) is 5.41 Å². The molecule has 0 aliphatic carbocycles. The molecule has 0 amide bonds. The molecule has 0 saturated heterocycles. The summed E-state index contributed by atoms with van der Waals surface area (Å²) in [6, 6.07) is 0. The standard InChI is InChI=1S/C5H11NO2.CH5N3/c1-6(2,3)4-5(7)8;2-1(3)4/h4H2,1-3H3;(H5,2,3,4). The second kappa shape index (κ2) is 5.36. The Morgan fingerprint density at radius 2 is 1.67 bits per heavy atom. The molecule has 0 aromatic carbocycles. The first-order valence-electron chi connectivity index (χ1n) is 3.25.